The topological polar surface area (TPSA) is 43.8 Å². The Hall–Kier alpha value is -0.610. The van der Waals surface area contributed by atoms with Crippen molar-refractivity contribution in [1.82, 2.24) is 9.80 Å². The average Bonchev–Trinajstić information content (AvgIpc) is 2.12. The molecule has 1 N–H and O–H groups in total. The van der Waals surface area contributed by atoms with Crippen molar-refractivity contribution >= 4 is 5.97 Å². The molecule has 18 heavy (non-hydrogen) atoms. The van der Waals surface area contributed by atoms with E-state index in [1.165, 1.54) is 0 Å². The van der Waals surface area contributed by atoms with Gasteiger partial charge in [0.1, 0.15) is 0 Å². The van der Waals surface area contributed by atoms with Gasteiger partial charge in [0.2, 0.25) is 0 Å². The number of carboxylic acid groups (broad SMARTS) is 1. The summed E-state index contributed by atoms with van der Waals surface area (Å²) in [6.45, 7) is 11.7. The first-order valence-electron chi connectivity index (χ1n) is 6.89. The molecule has 106 valence electrons. The molecule has 1 saturated heterocycles. The molecule has 0 bridgehead atoms. The highest BCUT2D eigenvalue weighted by Gasteiger charge is 2.39. The van der Waals surface area contributed by atoms with E-state index in [1.807, 2.05) is 0 Å². The molecular formula is C14H28N2O2. The third-order valence-electron chi connectivity index (χ3n) is 3.76. The standard InChI is InChI=1S/C14H28N2O2/c1-11(2)6-7-16-12(8-13(17)18)9-15(5)10-14(16,3)4/h11-12H,6-10H2,1-5H3,(H,17,18). The van der Waals surface area contributed by atoms with E-state index in [1.54, 1.807) is 0 Å². The van der Waals surface area contributed by atoms with Crippen LogP contribution in [0.3, 0.4) is 0 Å². The molecule has 4 heteroatoms. The molecule has 1 aliphatic rings. The molecule has 0 aromatic rings. The first-order chi connectivity index (χ1) is 8.22. The number of likely N-dealkylation sites (N-methyl/N-ethyl adjacent to an activating group) is 1. The van der Waals surface area contributed by atoms with Gasteiger partial charge in [0.25, 0.3) is 0 Å². The van der Waals surface area contributed by atoms with Crippen LogP contribution in [0.15, 0.2) is 0 Å². The lowest BCUT2D eigenvalue weighted by atomic mass is 9.92. The second kappa shape index (κ2) is 6.02. The zero-order valence-electron chi connectivity index (χ0n) is 12.4. The van der Waals surface area contributed by atoms with Gasteiger partial charge in [-0.3, -0.25) is 9.69 Å². The number of piperazine rings is 1. The van der Waals surface area contributed by atoms with Gasteiger partial charge in [-0.1, -0.05) is 13.8 Å². The van der Waals surface area contributed by atoms with Crippen molar-refractivity contribution in [2.75, 3.05) is 26.7 Å². The van der Waals surface area contributed by atoms with E-state index in [0.29, 0.717) is 5.92 Å². The molecule has 4 nitrogen and oxygen atoms in total. The molecule has 0 radical (unpaired) electrons. The van der Waals surface area contributed by atoms with Gasteiger partial charge >= 0.3 is 5.97 Å². The lowest BCUT2D eigenvalue weighted by Gasteiger charge is -2.51. The van der Waals surface area contributed by atoms with Crippen molar-refractivity contribution in [1.29, 1.82) is 0 Å². The smallest absolute Gasteiger partial charge is 0.304 e. The van der Waals surface area contributed by atoms with E-state index in [-0.39, 0.29) is 18.0 Å². The largest absolute Gasteiger partial charge is 0.481 e. The minimum atomic E-state index is -0.694. The second-order valence-corrected chi connectivity index (χ2v) is 6.64. The first-order valence-corrected chi connectivity index (χ1v) is 6.89. The molecule has 0 saturated carbocycles. The maximum atomic E-state index is 11.0. The van der Waals surface area contributed by atoms with Gasteiger partial charge in [0, 0.05) is 24.7 Å². The summed E-state index contributed by atoms with van der Waals surface area (Å²) in [5.41, 5.74) is 0.0575. The Morgan fingerprint density at radius 2 is 2.06 bits per heavy atom. The van der Waals surface area contributed by atoms with Crippen LogP contribution in [0.4, 0.5) is 0 Å². The number of rotatable bonds is 5. The van der Waals surface area contributed by atoms with E-state index in [2.05, 4.69) is 44.5 Å². The van der Waals surface area contributed by atoms with Crippen molar-refractivity contribution in [2.24, 2.45) is 5.92 Å². The highest BCUT2D eigenvalue weighted by atomic mass is 16.4. The van der Waals surface area contributed by atoms with Gasteiger partial charge in [-0.25, -0.2) is 0 Å². The fraction of sp³-hybridized carbons (Fsp3) is 0.929. The van der Waals surface area contributed by atoms with Gasteiger partial charge in [-0.15, -0.1) is 0 Å². The molecule has 1 rings (SSSR count). The summed E-state index contributed by atoms with van der Waals surface area (Å²) in [6, 6.07) is 0.134. The van der Waals surface area contributed by atoms with Crippen LogP contribution >= 0.6 is 0 Å². The van der Waals surface area contributed by atoms with E-state index >= 15 is 0 Å². The average molecular weight is 256 g/mol. The zero-order chi connectivity index (χ0) is 13.9. The normalized spacial score (nSPS) is 25.6. The van der Waals surface area contributed by atoms with Gasteiger partial charge in [-0.05, 0) is 39.8 Å². The minimum Gasteiger partial charge on any atom is -0.481 e. The highest BCUT2D eigenvalue weighted by molar-refractivity contribution is 5.67. The van der Waals surface area contributed by atoms with Gasteiger partial charge in [0.15, 0.2) is 0 Å². The summed E-state index contributed by atoms with van der Waals surface area (Å²) in [6.07, 6.45) is 1.37. The van der Waals surface area contributed by atoms with E-state index in [0.717, 1.165) is 26.1 Å². The summed E-state index contributed by atoms with van der Waals surface area (Å²) in [7, 11) is 2.08. The molecule has 0 aliphatic carbocycles. The predicted octanol–water partition coefficient (Wildman–Crippen LogP) is 1.90. The van der Waals surface area contributed by atoms with E-state index < -0.39 is 5.97 Å². The van der Waals surface area contributed by atoms with Crippen LogP contribution in [0.25, 0.3) is 0 Å². The van der Waals surface area contributed by atoms with Gasteiger partial charge in [0.05, 0.1) is 6.42 Å². The molecule has 0 amide bonds. The van der Waals surface area contributed by atoms with Crippen LogP contribution in [0.2, 0.25) is 0 Å². The van der Waals surface area contributed by atoms with Crippen molar-refractivity contribution in [3.05, 3.63) is 0 Å². The molecule has 0 aromatic heterocycles. The van der Waals surface area contributed by atoms with Crippen LogP contribution in [-0.2, 0) is 4.79 Å². The van der Waals surface area contributed by atoms with E-state index in [9.17, 15) is 4.79 Å². The SMILES string of the molecule is CC(C)CCN1C(CC(=O)O)CN(C)CC1(C)C. The molecule has 1 aliphatic heterocycles. The molecule has 1 unspecified atom stereocenters. The van der Waals surface area contributed by atoms with Crippen LogP contribution in [-0.4, -0.2) is 59.1 Å². The quantitative estimate of drug-likeness (QED) is 0.816. The molecular weight excluding hydrogens is 228 g/mol. The molecule has 0 aromatic carbocycles. The number of carbonyl (C=O) groups is 1. The number of carboxylic acids is 1. The van der Waals surface area contributed by atoms with Gasteiger partial charge in [-0.2, -0.15) is 0 Å². The molecule has 1 atom stereocenters. The minimum absolute atomic E-state index is 0.0575. The predicted molar refractivity (Wildman–Crippen MR) is 73.8 cm³/mol. The van der Waals surface area contributed by atoms with Crippen LogP contribution in [0, 0.1) is 5.92 Å². The summed E-state index contributed by atoms with van der Waals surface area (Å²) < 4.78 is 0. The Morgan fingerprint density at radius 1 is 1.44 bits per heavy atom. The maximum absolute atomic E-state index is 11.0. The summed E-state index contributed by atoms with van der Waals surface area (Å²) >= 11 is 0. The number of hydrogen-bond acceptors (Lipinski definition) is 3. The number of nitrogens with zero attached hydrogens (tertiary/aromatic N) is 2. The molecule has 1 fully saturated rings. The summed E-state index contributed by atoms with van der Waals surface area (Å²) in [5.74, 6) is -0.0356. The Labute approximate surface area is 111 Å². The van der Waals surface area contributed by atoms with Gasteiger partial charge < -0.3 is 10.0 Å². The third-order valence-corrected chi connectivity index (χ3v) is 3.76. The number of hydrogen-bond donors (Lipinski definition) is 1. The second-order valence-electron chi connectivity index (χ2n) is 6.64. The fourth-order valence-electron chi connectivity index (χ4n) is 3.03. The van der Waals surface area contributed by atoms with Crippen molar-refractivity contribution in [3.63, 3.8) is 0 Å². The molecule has 1 heterocycles. The van der Waals surface area contributed by atoms with E-state index in [4.69, 9.17) is 5.11 Å². The first kappa shape index (κ1) is 15.4. The highest BCUT2D eigenvalue weighted by Crippen LogP contribution is 2.27. The Bertz CT molecular complexity index is 290. The summed E-state index contributed by atoms with van der Waals surface area (Å²) in [4.78, 5) is 15.7. The fourth-order valence-corrected chi connectivity index (χ4v) is 3.03. The Morgan fingerprint density at radius 3 is 2.56 bits per heavy atom. The monoisotopic (exact) mass is 256 g/mol. The lowest BCUT2D eigenvalue weighted by molar-refractivity contribution is -0.140. The maximum Gasteiger partial charge on any atom is 0.304 e. The number of aliphatic carboxylic acids is 1. The van der Waals surface area contributed by atoms with Crippen molar-refractivity contribution in [2.45, 2.75) is 52.1 Å². The van der Waals surface area contributed by atoms with Crippen LogP contribution in [0.1, 0.15) is 40.5 Å². The zero-order valence-corrected chi connectivity index (χ0v) is 12.4. The lowest BCUT2D eigenvalue weighted by Crippen LogP contribution is -2.63. The Kier molecular flexibility index (Phi) is 5.17. The molecule has 0 spiro atoms. The van der Waals surface area contributed by atoms with Crippen LogP contribution in [0.5, 0.6) is 0 Å². The van der Waals surface area contributed by atoms with Crippen molar-refractivity contribution < 1.29 is 9.90 Å². The van der Waals surface area contributed by atoms with Crippen molar-refractivity contribution in [3.8, 4) is 0 Å². The Balaban J connectivity index is 2.77. The summed E-state index contributed by atoms with van der Waals surface area (Å²) in [5, 5.41) is 9.07. The van der Waals surface area contributed by atoms with Crippen LogP contribution < -0.4 is 0 Å². The third kappa shape index (κ3) is 4.25.